The summed E-state index contributed by atoms with van der Waals surface area (Å²) in [5.74, 6) is -0.268. The highest BCUT2D eigenvalue weighted by atomic mass is 16.5. The van der Waals surface area contributed by atoms with Crippen LogP contribution in [0.3, 0.4) is 0 Å². The summed E-state index contributed by atoms with van der Waals surface area (Å²) in [6.07, 6.45) is 0.863. The maximum Gasteiger partial charge on any atom is 0.305 e. The van der Waals surface area contributed by atoms with Gasteiger partial charge in [0.15, 0.2) is 0 Å². The summed E-state index contributed by atoms with van der Waals surface area (Å²) in [5, 5.41) is 4.05. The first kappa shape index (κ1) is 11.4. The summed E-state index contributed by atoms with van der Waals surface area (Å²) in [4.78, 5) is 22.1. The maximum absolute atomic E-state index is 11.3. The molecule has 0 aliphatic carbocycles. The molecule has 1 heterocycles. The Hall–Kier alpha value is -1.65. The largest absolute Gasteiger partial charge is 0.469 e. The number of carbonyl (C=O) groups is 1. The lowest BCUT2D eigenvalue weighted by atomic mass is 10.3. The molecule has 0 amide bonds. The topological polar surface area (TPSA) is 61.2 Å². The molecule has 0 aliphatic heterocycles. The molecule has 0 spiro atoms. The van der Waals surface area contributed by atoms with Crippen LogP contribution in [0.2, 0.25) is 0 Å². The molecule has 0 saturated carbocycles. The molecule has 1 aromatic heterocycles. The SMILES string of the molecule is COC(=O)CCCn1nc(C)ccc1=O. The van der Waals surface area contributed by atoms with E-state index in [1.807, 2.05) is 6.92 Å². The summed E-state index contributed by atoms with van der Waals surface area (Å²) >= 11 is 0. The fraction of sp³-hybridized carbons (Fsp3) is 0.500. The van der Waals surface area contributed by atoms with Crippen LogP contribution < -0.4 is 5.56 Å². The second-order valence-electron chi connectivity index (χ2n) is 3.22. The molecule has 0 fully saturated rings. The first-order valence-corrected chi connectivity index (χ1v) is 4.75. The van der Waals surface area contributed by atoms with E-state index in [9.17, 15) is 9.59 Å². The zero-order valence-corrected chi connectivity index (χ0v) is 8.90. The normalized spacial score (nSPS) is 10.0. The van der Waals surface area contributed by atoms with Gasteiger partial charge in [0.2, 0.25) is 0 Å². The van der Waals surface area contributed by atoms with E-state index in [0.29, 0.717) is 19.4 Å². The van der Waals surface area contributed by atoms with Crippen molar-refractivity contribution < 1.29 is 9.53 Å². The van der Waals surface area contributed by atoms with Crippen LogP contribution >= 0.6 is 0 Å². The van der Waals surface area contributed by atoms with Crippen LogP contribution in [0.1, 0.15) is 18.5 Å². The molecule has 0 aromatic carbocycles. The molecule has 0 N–H and O–H groups in total. The molecule has 1 rings (SSSR count). The number of aromatic nitrogens is 2. The van der Waals surface area contributed by atoms with Crippen LogP contribution in [0.25, 0.3) is 0 Å². The molecule has 82 valence electrons. The van der Waals surface area contributed by atoms with Crippen LogP contribution in [-0.4, -0.2) is 22.9 Å². The Kier molecular flexibility index (Phi) is 4.03. The minimum atomic E-state index is -0.268. The Labute approximate surface area is 87.7 Å². The Morgan fingerprint density at radius 3 is 2.93 bits per heavy atom. The quantitative estimate of drug-likeness (QED) is 0.679. The van der Waals surface area contributed by atoms with Crippen molar-refractivity contribution in [3.05, 3.63) is 28.2 Å². The summed E-state index contributed by atoms with van der Waals surface area (Å²) in [7, 11) is 1.35. The van der Waals surface area contributed by atoms with Crippen molar-refractivity contribution >= 4 is 5.97 Å². The highest BCUT2D eigenvalue weighted by Crippen LogP contribution is 1.94. The van der Waals surface area contributed by atoms with Crippen molar-refractivity contribution in [2.75, 3.05) is 7.11 Å². The summed E-state index contributed by atoms with van der Waals surface area (Å²) in [6, 6.07) is 3.14. The molecule has 0 unspecified atom stereocenters. The maximum atomic E-state index is 11.3. The van der Waals surface area contributed by atoms with Crippen molar-refractivity contribution in [2.45, 2.75) is 26.3 Å². The fourth-order valence-corrected chi connectivity index (χ4v) is 1.19. The highest BCUT2D eigenvalue weighted by Gasteiger charge is 2.02. The zero-order chi connectivity index (χ0) is 11.3. The fourth-order valence-electron chi connectivity index (χ4n) is 1.19. The van der Waals surface area contributed by atoms with E-state index in [4.69, 9.17) is 0 Å². The Morgan fingerprint density at radius 2 is 2.27 bits per heavy atom. The van der Waals surface area contributed by atoms with E-state index in [2.05, 4.69) is 9.84 Å². The van der Waals surface area contributed by atoms with Gasteiger partial charge in [-0.2, -0.15) is 5.10 Å². The molecule has 5 nitrogen and oxygen atoms in total. The summed E-state index contributed by atoms with van der Waals surface area (Å²) < 4.78 is 5.85. The molecule has 0 atom stereocenters. The van der Waals surface area contributed by atoms with Crippen LogP contribution in [0, 0.1) is 6.92 Å². The lowest BCUT2D eigenvalue weighted by Gasteiger charge is -2.03. The van der Waals surface area contributed by atoms with E-state index in [1.165, 1.54) is 17.9 Å². The van der Waals surface area contributed by atoms with E-state index in [1.54, 1.807) is 6.07 Å². The average molecular weight is 210 g/mol. The number of nitrogens with zero attached hydrogens (tertiary/aromatic N) is 2. The Morgan fingerprint density at radius 1 is 1.53 bits per heavy atom. The third kappa shape index (κ3) is 3.53. The number of carbonyl (C=O) groups excluding carboxylic acids is 1. The third-order valence-electron chi connectivity index (χ3n) is 1.98. The van der Waals surface area contributed by atoms with Crippen molar-refractivity contribution in [3.8, 4) is 0 Å². The molecular weight excluding hydrogens is 196 g/mol. The zero-order valence-electron chi connectivity index (χ0n) is 8.90. The molecule has 5 heteroatoms. The first-order valence-electron chi connectivity index (χ1n) is 4.75. The van der Waals surface area contributed by atoms with Gasteiger partial charge in [-0.25, -0.2) is 4.68 Å². The van der Waals surface area contributed by atoms with Crippen molar-refractivity contribution in [1.29, 1.82) is 0 Å². The van der Waals surface area contributed by atoms with Gasteiger partial charge in [0.05, 0.1) is 12.8 Å². The van der Waals surface area contributed by atoms with Gasteiger partial charge in [-0.1, -0.05) is 0 Å². The van der Waals surface area contributed by atoms with E-state index in [-0.39, 0.29) is 11.5 Å². The number of aryl methyl sites for hydroxylation is 2. The molecule has 0 saturated heterocycles. The Bertz CT molecular complexity index is 398. The van der Waals surface area contributed by atoms with Gasteiger partial charge in [0.1, 0.15) is 0 Å². The number of ether oxygens (including phenoxy) is 1. The summed E-state index contributed by atoms with van der Waals surface area (Å²) in [6.45, 7) is 2.26. The van der Waals surface area contributed by atoms with E-state index >= 15 is 0 Å². The molecule has 0 radical (unpaired) electrons. The Balaban J connectivity index is 2.54. The number of hydrogen-bond donors (Lipinski definition) is 0. The molecule has 15 heavy (non-hydrogen) atoms. The number of methoxy groups -OCH3 is 1. The predicted octanol–water partition coefficient (Wildman–Crippen LogP) is 0.505. The first-order chi connectivity index (χ1) is 7.13. The van der Waals surface area contributed by atoms with Gasteiger partial charge < -0.3 is 4.74 Å². The second-order valence-corrected chi connectivity index (χ2v) is 3.22. The van der Waals surface area contributed by atoms with Gasteiger partial charge >= 0.3 is 5.97 Å². The van der Waals surface area contributed by atoms with Crippen molar-refractivity contribution in [1.82, 2.24) is 9.78 Å². The summed E-state index contributed by atoms with van der Waals surface area (Å²) in [5.41, 5.74) is 0.637. The van der Waals surface area contributed by atoms with Gasteiger partial charge in [-0.15, -0.1) is 0 Å². The van der Waals surface area contributed by atoms with Crippen LogP contribution in [0.5, 0.6) is 0 Å². The predicted molar refractivity (Wildman–Crippen MR) is 54.5 cm³/mol. The number of hydrogen-bond acceptors (Lipinski definition) is 4. The van der Waals surface area contributed by atoms with Crippen molar-refractivity contribution in [2.24, 2.45) is 0 Å². The molecule has 0 aliphatic rings. The number of esters is 1. The van der Waals surface area contributed by atoms with E-state index < -0.39 is 0 Å². The average Bonchev–Trinajstić information content (AvgIpc) is 2.23. The minimum Gasteiger partial charge on any atom is -0.469 e. The highest BCUT2D eigenvalue weighted by molar-refractivity contribution is 5.68. The standard InChI is InChI=1S/C10H14N2O3/c1-8-5-6-9(13)12(11-8)7-3-4-10(14)15-2/h5-6H,3-4,7H2,1-2H3. The van der Waals surface area contributed by atoms with Gasteiger partial charge in [0.25, 0.3) is 5.56 Å². The van der Waals surface area contributed by atoms with Gasteiger partial charge in [-0.05, 0) is 19.4 Å². The second kappa shape index (κ2) is 5.29. The number of rotatable bonds is 4. The molecular formula is C10H14N2O3. The van der Waals surface area contributed by atoms with Crippen LogP contribution in [0.4, 0.5) is 0 Å². The smallest absolute Gasteiger partial charge is 0.305 e. The van der Waals surface area contributed by atoms with Crippen molar-refractivity contribution in [3.63, 3.8) is 0 Å². The lowest BCUT2D eigenvalue weighted by Crippen LogP contribution is -2.22. The monoisotopic (exact) mass is 210 g/mol. The molecule has 0 bridgehead atoms. The van der Waals surface area contributed by atoms with Crippen LogP contribution in [-0.2, 0) is 16.1 Å². The van der Waals surface area contributed by atoms with E-state index in [0.717, 1.165) is 5.69 Å². The van der Waals surface area contributed by atoms with Gasteiger partial charge in [-0.3, -0.25) is 9.59 Å². The van der Waals surface area contributed by atoms with Crippen LogP contribution in [0.15, 0.2) is 16.9 Å². The van der Waals surface area contributed by atoms with Gasteiger partial charge in [0, 0.05) is 19.0 Å². The third-order valence-corrected chi connectivity index (χ3v) is 1.98. The minimum absolute atomic E-state index is 0.148. The lowest BCUT2D eigenvalue weighted by molar-refractivity contribution is -0.140. The molecule has 1 aromatic rings.